The van der Waals surface area contributed by atoms with Gasteiger partial charge < -0.3 is 10.1 Å². The summed E-state index contributed by atoms with van der Waals surface area (Å²) >= 11 is 0. The third kappa shape index (κ3) is 7.11. The first-order valence-corrected chi connectivity index (χ1v) is 7.02. The van der Waals surface area contributed by atoms with Crippen LogP contribution in [0.4, 0.5) is 8.78 Å². The molecule has 108 valence electrons. The third-order valence-corrected chi connectivity index (χ3v) is 2.83. The normalized spacial score (nSPS) is 10.7. The second-order valence-corrected chi connectivity index (χ2v) is 4.59. The van der Waals surface area contributed by atoms with Gasteiger partial charge in [0, 0.05) is 6.07 Å². The molecule has 0 atom stereocenters. The smallest absolute Gasteiger partial charge is 0.165 e. The molecule has 0 spiro atoms. The lowest BCUT2D eigenvalue weighted by Crippen LogP contribution is -2.15. The molecule has 0 saturated heterocycles. The summed E-state index contributed by atoms with van der Waals surface area (Å²) in [4.78, 5) is 0. The Morgan fingerprint density at radius 2 is 1.84 bits per heavy atom. The average molecular weight is 271 g/mol. The fourth-order valence-electron chi connectivity index (χ4n) is 1.78. The number of ether oxygens (including phenoxy) is 1. The van der Waals surface area contributed by atoms with Crippen molar-refractivity contribution in [2.24, 2.45) is 0 Å². The molecule has 0 aliphatic heterocycles. The first kappa shape index (κ1) is 15.9. The van der Waals surface area contributed by atoms with Crippen molar-refractivity contribution in [3.8, 4) is 5.75 Å². The SMILES string of the molecule is CCCNCCCCCCOc1cc(F)ccc1F. The lowest BCUT2D eigenvalue weighted by atomic mass is 10.2. The lowest BCUT2D eigenvalue weighted by molar-refractivity contribution is 0.288. The van der Waals surface area contributed by atoms with Gasteiger partial charge in [-0.05, 0) is 44.5 Å². The van der Waals surface area contributed by atoms with E-state index in [0.717, 1.165) is 63.4 Å². The van der Waals surface area contributed by atoms with E-state index >= 15 is 0 Å². The predicted octanol–water partition coefficient (Wildman–Crippen LogP) is 3.90. The Morgan fingerprint density at radius 3 is 2.63 bits per heavy atom. The van der Waals surface area contributed by atoms with E-state index in [1.807, 2.05) is 0 Å². The van der Waals surface area contributed by atoms with Crippen molar-refractivity contribution in [3.05, 3.63) is 29.8 Å². The fourth-order valence-corrected chi connectivity index (χ4v) is 1.78. The van der Waals surface area contributed by atoms with E-state index in [9.17, 15) is 8.78 Å². The molecule has 4 heteroatoms. The van der Waals surface area contributed by atoms with E-state index in [0.29, 0.717) is 6.61 Å². The topological polar surface area (TPSA) is 21.3 Å². The molecule has 0 aliphatic carbocycles. The highest BCUT2D eigenvalue weighted by Crippen LogP contribution is 2.18. The van der Waals surface area contributed by atoms with E-state index in [2.05, 4.69) is 12.2 Å². The number of hydrogen-bond acceptors (Lipinski definition) is 2. The molecule has 1 rings (SSSR count). The monoisotopic (exact) mass is 271 g/mol. The fraction of sp³-hybridized carbons (Fsp3) is 0.600. The van der Waals surface area contributed by atoms with E-state index in [-0.39, 0.29) is 5.75 Å². The Balaban J connectivity index is 2.03. The number of rotatable bonds is 10. The maximum atomic E-state index is 13.2. The maximum Gasteiger partial charge on any atom is 0.165 e. The van der Waals surface area contributed by atoms with E-state index < -0.39 is 11.6 Å². The second-order valence-electron chi connectivity index (χ2n) is 4.59. The van der Waals surface area contributed by atoms with Gasteiger partial charge in [-0.25, -0.2) is 8.78 Å². The molecule has 19 heavy (non-hydrogen) atoms. The molecule has 0 heterocycles. The highest BCUT2D eigenvalue weighted by molar-refractivity contribution is 5.24. The van der Waals surface area contributed by atoms with Crippen LogP contribution >= 0.6 is 0 Å². The van der Waals surface area contributed by atoms with Crippen LogP contribution in [0.15, 0.2) is 18.2 Å². The van der Waals surface area contributed by atoms with Crippen LogP contribution in [0.25, 0.3) is 0 Å². The molecule has 0 fully saturated rings. The molecule has 0 aromatic heterocycles. The zero-order valence-electron chi connectivity index (χ0n) is 11.6. The van der Waals surface area contributed by atoms with Gasteiger partial charge in [0.05, 0.1) is 6.61 Å². The van der Waals surface area contributed by atoms with Crippen molar-refractivity contribution in [2.45, 2.75) is 39.0 Å². The molecule has 2 nitrogen and oxygen atoms in total. The van der Waals surface area contributed by atoms with Gasteiger partial charge in [0.2, 0.25) is 0 Å². The first-order chi connectivity index (χ1) is 9.24. The van der Waals surface area contributed by atoms with Crippen molar-refractivity contribution in [1.82, 2.24) is 5.32 Å². The van der Waals surface area contributed by atoms with Crippen LogP contribution in [0, 0.1) is 11.6 Å². The number of benzene rings is 1. The molecule has 0 radical (unpaired) electrons. The number of nitrogens with one attached hydrogen (secondary N) is 1. The largest absolute Gasteiger partial charge is 0.490 e. The zero-order chi connectivity index (χ0) is 13.9. The van der Waals surface area contributed by atoms with Crippen LogP contribution in [-0.4, -0.2) is 19.7 Å². The molecule has 0 unspecified atom stereocenters. The van der Waals surface area contributed by atoms with Crippen molar-refractivity contribution < 1.29 is 13.5 Å². The number of unbranched alkanes of at least 4 members (excludes halogenated alkanes) is 3. The van der Waals surface area contributed by atoms with Gasteiger partial charge in [-0.1, -0.05) is 19.8 Å². The standard InChI is InChI=1S/C15H23F2NO/c1-2-9-18-10-5-3-4-6-11-19-15-12-13(16)7-8-14(15)17/h7-8,12,18H,2-6,9-11H2,1H3. The molecular formula is C15H23F2NO. The molecule has 1 aromatic carbocycles. The summed E-state index contributed by atoms with van der Waals surface area (Å²) in [5, 5.41) is 3.34. The van der Waals surface area contributed by atoms with Gasteiger partial charge in [-0.2, -0.15) is 0 Å². The van der Waals surface area contributed by atoms with Crippen molar-refractivity contribution >= 4 is 0 Å². The van der Waals surface area contributed by atoms with Crippen LogP contribution in [0.2, 0.25) is 0 Å². The molecule has 0 saturated carbocycles. The summed E-state index contributed by atoms with van der Waals surface area (Å²) < 4.78 is 31.3. The minimum Gasteiger partial charge on any atom is -0.490 e. The van der Waals surface area contributed by atoms with Crippen molar-refractivity contribution in [1.29, 1.82) is 0 Å². The van der Waals surface area contributed by atoms with Gasteiger partial charge >= 0.3 is 0 Å². The molecule has 0 amide bonds. The van der Waals surface area contributed by atoms with Crippen LogP contribution < -0.4 is 10.1 Å². The van der Waals surface area contributed by atoms with Gasteiger partial charge in [-0.15, -0.1) is 0 Å². The second kappa shape index (κ2) is 9.73. The Hall–Kier alpha value is -1.16. The number of hydrogen-bond donors (Lipinski definition) is 1. The van der Waals surface area contributed by atoms with Crippen molar-refractivity contribution in [2.75, 3.05) is 19.7 Å². The quantitative estimate of drug-likeness (QED) is 0.652. The van der Waals surface area contributed by atoms with E-state index in [4.69, 9.17) is 4.74 Å². The van der Waals surface area contributed by atoms with E-state index in [1.54, 1.807) is 0 Å². The molecular weight excluding hydrogens is 248 g/mol. The summed E-state index contributed by atoms with van der Waals surface area (Å²) in [5.41, 5.74) is 0. The molecule has 0 bridgehead atoms. The van der Waals surface area contributed by atoms with Crippen LogP contribution in [0.1, 0.15) is 39.0 Å². The van der Waals surface area contributed by atoms with Gasteiger partial charge in [0.15, 0.2) is 11.6 Å². The zero-order valence-corrected chi connectivity index (χ0v) is 11.6. The Kier molecular flexibility index (Phi) is 8.14. The summed E-state index contributed by atoms with van der Waals surface area (Å²) in [6.07, 6.45) is 5.35. The van der Waals surface area contributed by atoms with Gasteiger partial charge in [0.25, 0.3) is 0 Å². The number of halogens is 2. The molecule has 0 aliphatic rings. The van der Waals surface area contributed by atoms with Crippen LogP contribution in [0.3, 0.4) is 0 Å². The van der Waals surface area contributed by atoms with Crippen LogP contribution in [-0.2, 0) is 0 Å². The van der Waals surface area contributed by atoms with Gasteiger partial charge in [0.1, 0.15) is 5.82 Å². The highest BCUT2D eigenvalue weighted by atomic mass is 19.1. The Morgan fingerprint density at radius 1 is 1.05 bits per heavy atom. The maximum absolute atomic E-state index is 13.2. The lowest BCUT2D eigenvalue weighted by Gasteiger charge is -2.07. The summed E-state index contributed by atoms with van der Waals surface area (Å²) in [5.74, 6) is -0.979. The Bertz CT molecular complexity index is 358. The summed E-state index contributed by atoms with van der Waals surface area (Å²) in [6, 6.07) is 3.26. The van der Waals surface area contributed by atoms with Crippen LogP contribution in [0.5, 0.6) is 5.75 Å². The minimum absolute atomic E-state index is 0.00427. The molecule has 1 aromatic rings. The minimum atomic E-state index is -0.509. The average Bonchev–Trinajstić information content (AvgIpc) is 2.40. The molecule has 1 N–H and O–H groups in total. The van der Waals surface area contributed by atoms with Crippen molar-refractivity contribution in [3.63, 3.8) is 0 Å². The highest BCUT2D eigenvalue weighted by Gasteiger charge is 2.04. The first-order valence-electron chi connectivity index (χ1n) is 7.02. The third-order valence-electron chi connectivity index (χ3n) is 2.83. The van der Waals surface area contributed by atoms with Gasteiger partial charge in [-0.3, -0.25) is 0 Å². The Labute approximate surface area is 114 Å². The predicted molar refractivity (Wildman–Crippen MR) is 73.5 cm³/mol. The summed E-state index contributed by atoms with van der Waals surface area (Å²) in [7, 11) is 0. The summed E-state index contributed by atoms with van der Waals surface area (Å²) in [6.45, 7) is 4.70. The van der Waals surface area contributed by atoms with E-state index in [1.165, 1.54) is 0 Å².